The van der Waals surface area contributed by atoms with Gasteiger partial charge < -0.3 is 9.47 Å². The van der Waals surface area contributed by atoms with Gasteiger partial charge in [-0.25, -0.2) is 0 Å². The van der Waals surface area contributed by atoms with Crippen LogP contribution >= 0.6 is 0 Å². The summed E-state index contributed by atoms with van der Waals surface area (Å²) in [6.45, 7) is 1.25. The molecule has 0 aromatic carbocycles. The maximum atomic E-state index is 4.42. The Kier molecular flexibility index (Phi) is 3.32. The molecule has 6 heavy (non-hydrogen) atoms. The molecule has 1 aliphatic heterocycles. The Morgan fingerprint density at radius 2 is 1.67 bits per heavy atom. The fraction of sp³-hybridized carbons (Fsp3) is 0. The van der Waals surface area contributed by atoms with Gasteiger partial charge in [0.1, 0.15) is 0 Å². The van der Waals surface area contributed by atoms with E-state index in [0.717, 1.165) is 0 Å². The van der Waals surface area contributed by atoms with Crippen LogP contribution in [0.1, 0.15) is 0 Å². The zero-order valence-corrected chi connectivity index (χ0v) is 4.33. The van der Waals surface area contributed by atoms with Gasteiger partial charge in [0.15, 0.2) is 0 Å². The first-order valence-electron chi connectivity index (χ1n) is 1.28. The summed E-state index contributed by atoms with van der Waals surface area (Å²) >= 11 is 0. The minimum absolute atomic E-state index is 0. The molecule has 0 aliphatic carbocycles. The molecule has 0 N–H and O–H groups in total. The van der Waals surface area contributed by atoms with E-state index in [1.54, 1.807) is 0 Å². The van der Waals surface area contributed by atoms with E-state index in [9.17, 15) is 0 Å². The second kappa shape index (κ2) is 3.28. The summed E-state index contributed by atoms with van der Waals surface area (Å²) in [5, 5.41) is 0. The van der Waals surface area contributed by atoms with Crippen LogP contribution in [0, 0.1) is 6.79 Å². The third-order valence-corrected chi connectivity index (χ3v) is 0.324. The first kappa shape index (κ1) is 6.08. The fourth-order valence-corrected chi connectivity index (χ4v) is 0.160. The molecular formula is C3H3AgO2. The number of ether oxygens (including phenoxy) is 2. The molecule has 1 rings (SSSR count). The molecule has 1 heterocycles. The summed E-state index contributed by atoms with van der Waals surface area (Å²) in [7, 11) is 0. The summed E-state index contributed by atoms with van der Waals surface area (Å²) in [5.41, 5.74) is 0. The Morgan fingerprint density at radius 1 is 1.17 bits per heavy atom. The SMILES string of the molecule is C1=CO[CH-]O1.[Ag+]. The van der Waals surface area contributed by atoms with Gasteiger partial charge in [-0.3, -0.25) is 0 Å². The minimum Gasteiger partial charge on any atom is -0.626 e. The van der Waals surface area contributed by atoms with E-state index in [0.29, 0.717) is 0 Å². The zero-order chi connectivity index (χ0) is 3.54. The second-order valence-electron chi connectivity index (χ2n) is 0.641. The maximum absolute atomic E-state index is 4.42. The van der Waals surface area contributed by atoms with Crippen molar-refractivity contribution in [3.63, 3.8) is 0 Å². The summed E-state index contributed by atoms with van der Waals surface area (Å²) in [4.78, 5) is 0. The van der Waals surface area contributed by atoms with E-state index in [2.05, 4.69) is 9.47 Å². The van der Waals surface area contributed by atoms with Crippen LogP contribution in [0.25, 0.3) is 0 Å². The smallest absolute Gasteiger partial charge is 0.626 e. The van der Waals surface area contributed by atoms with Crippen molar-refractivity contribution in [2.24, 2.45) is 0 Å². The van der Waals surface area contributed by atoms with Crippen LogP contribution in [0.15, 0.2) is 12.5 Å². The third kappa shape index (κ3) is 1.50. The Balaban J connectivity index is 0.000000250. The average Bonchev–Trinajstić information content (AvgIpc) is 1.76. The number of rotatable bonds is 0. The second-order valence-corrected chi connectivity index (χ2v) is 0.641. The molecule has 0 spiro atoms. The van der Waals surface area contributed by atoms with Crippen molar-refractivity contribution >= 4 is 0 Å². The monoisotopic (exact) mass is 178 g/mol. The van der Waals surface area contributed by atoms with Gasteiger partial charge in [-0.15, -0.1) is 0 Å². The van der Waals surface area contributed by atoms with Crippen molar-refractivity contribution in [1.29, 1.82) is 0 Å². The molecule has 2 nitrogen and oxygen atoms in total. The Morgan fingerprint density at radius 3 is 1.83 bits per heavy atom. The molecule has 0 radical (unpaired) electrons. The van der Waals surface area contributed by atoms with Gasteiger partial charge in [0.25, 0.3) is 0 Å². The van der Waals surface area contributed by atoms with Gasteiger partial charge in [-0.2, -0.15) is 0 Å². The molecule has 0 atom stereocenters. The topological polar surface area (TPSA) is 18.5 Å². The molecule has 1 aliphatic rings. The van der Waals surface area contributed by atoms with Crippen molar-refractivity contribution in [3.8, 4) is 0 Å². The normalized spacial score (nSPS) is 14.7. The van der Waals surface area contributed by atoms with E-state index in [1.165, 1.54) is 19.3 Å². The van der Waals surface area contributed by atoms with Gasteiger partial charge in [0.2, 0.25) is 0 Å². The van der Waals surface area contributed by atoms with Gasteiger partial charge in [0, 0.05) is 6.79 Å². The zero-order valence-electron chi connectivity index (χ0n) is 2.85. The Hall–Kier alpha value is 0.0803. The predicted octanol–water partition coefficient (Wildman–Crippen LogP) is 0.621. The predicted molar refractivity (Wildman–Crippen MR) is 15.6 cm³/mol. The minimum atomic E-state index is 0. The van der Waals surface area contributed by atoms with Gasteiger partial charge >= 0.3 is 22.4 Å². The molecule has 0 saturated heterocycles. The van der Waals surface area contributed by atoms with Crippen molar-refractivity contribution in [2.45, 2.75) is 0 Å². The molecule has 0 fully saturated rings. The first-order chi connectivity index (χ1) is 2.50. The molecule has 38 valence electrons. The van der Waals surface area contributed by atoms with Crippen LogP contribution in [0.3, 0.4) is 0 Å². The molecular weight excluding hydrogens is 176 g/mol. The largest absolute Gasteiger partial charge is 1.00 e. The van der Waals surface area contributed by atoms with Gasteiger partial charge in [0.05, 0.1) is 12.5 Å². The van der Waals surface area contributed by atoms with Gasteiger partial charge in [-0.05, 0) is 0 Å². The molecule has 3 heteroatoms. The van der Waals surface area contributed by atoms with Crippen molar-refractivity contribution in [1.82, 2.24) is 0 Å². The molecule has 0 bridgehead atoms. The summed E-state index contributed by atoms with van der Waals surface area (Å²) in [6.07, 6.45) is 2.92. The summed E-state index contributed by atoms with van der Waals surface area (Å²) in [6, 6.07) is 0. The van der Waals surface area contributed by atoms with Crippen LogP contribution in [0.5, 0.6) is 0 Å². The molecule has 0 amide bonds. The summed E-state index contributed by atoms with van der Waals surface area (Å²) < 4.78 is 8.83. The first-order valence-corrected chi connectivity index (χ1v) is 1.28. The van der Waals surface area contributed by atoms with Gasteiger partial charge in [-0.1, -0.05) is 0 Å². The van der Waals surface area contributed by atoms with Crippen molar-refractivity contribution in [3.05, 3.63) is 19.3 Å². The Bertz CT molecular complexity index is 46.8. The van der Waals surface area contributed by atoms with E-state index < -0.39 is 0 Å². The quantitative estimate of drug-likeness (QED) is 0.400. The molecule has 0 aromatic heterocycles. The van der Waals surface area contributed by atoms with Crippen LogP contribution < -0.4 is 0 Å². The van der Waals surface area contributed by atoms with Crippen molar-refractivity contribution < 1.29 is 31.9 Å². The molecule has 0 aromatic rings. The molecule has 0 unspecified atom stereocenters. The van der Waals surface area contributed by atoms with E-state index >= 15 is 0 Å². The van der Waals surface area contributed by atoms with E-state index in [4.69, 9.17) is 0 Å². The van der Waals surface area contributed by atoms with Crippen LogP contribution in [-0.4, -0.2) is 0 Å². The Labute approximate surface area is 51.6 Å². The van der Waals surface area contributed by atoms with E-state index in [1.807, 2.05) is 0 Å². The molecule has 0 saturated carbocycles. The average molecular weight is 179 g/mol. The number of hydrogen-bond acceptors (Lipinski definition) is 2. The van der Waals surface area contributed by atoms with Crippen LogP contribution in [0.4, 0.5) is 0 Å². The number of hydrogen-bond donors (Lipinski definition) is 0. The standard InChI is InChI=1S/C3H3O2.Ag/c1-2-5-3-4-1;/h1-3H;/q-1;+1. The van der Waals surface area contributed by atoms with Crippen LogP contribution in [-0.2, 0) is 31.9 Å². The fourth-order valence-electron chi connectivity index (χ4n) is 0.160. The summed E-state index contributed by atoms with van der Waals surface area (Å²) in [5.74, 6) is 0. The van der Waals surface area contributed by atoms with E-state index in [-0.39, 0.29) is 22.4 Å². The van der Waals surface area contributed by atoms with Crippen molar-refractivity contribution in [2.75, 3.05) is 0 Å². The maximum Gasteiger partial charge on any atom is 1.00 e. The van der Waals surface area contributed by atoms with Crippen LogP contribution in [0.2, 0.25) is 0 Å². The third-order valence-electron chi connectivity index (χ3n) is 0.324.